The number of hydrogen-bond acceptors (Lipinski definition) is 5. The molecule has 8 heteroatoms. The first-order valence-corrected chi connectivity index (χ1v) is 13.3. The Bertz CT molecular complexity index is 1340. The lowest BCUT2D eigenvalue weighted by Gasteiger charge is -2.33. The van der Waals surface area contributed by atoms with Crippen LogP contribution in [0.4, 0.5) is 4.79 Å². The number of ether oxygens (including phenoxy) is 1. The summed E-state index contributed by atoms with van der Waals surface area (Å²) in [4.78, 5) is 32.2. The number of imidazole rings is 1. The van der Waals surface area contributed by atoms with Crippen LogP contribution in [0, 0.1) is 0 Å². The monoisotopic (exact) mass is 513 g/mol. The first-order chi connectivity index (χ1) is 18.6. The molecule has 1 fully saturated rings. The SMILES string of the molecule is C[C@@H](COC(=O)N1CCC(Nn2c(=O)[nH]c3ccccc32)CC1)N(Cc1ccccc1)Cc1ccccc1. The number of likely N-dealkylation sites (tertiary alicyclic amines) is 1. The molecule has 4 aromatic rings. The molecule has 1 aliphatic heterocycles. The Labute approximate surface area is 222 Å². The fourth-order valence-electron chi connectivity index (χ4n) is 4.95. The Morgan fingerprint density at radius 3 is 2.16 bits per heavy atom. The number of piperidine rings is 1. The lowest BCUT2D eigenvalue weighted by molar-refractivity contribution is 0.0592. The summed E-state index contributed by atoms with van der Waals surface area (Å²) < 4.78 is 7.36. The molecule has 1 aliphatic rings. The molecule has 8 nitrogen and oxygen atoms in total. The Kier molecular flexibility index (Phi) is 8.09. The molecule has 38 heavy (non-hydrogen) atoms. The number of benzene rings is 3. The molecule has 0 unspecified atom stereocenters. The zero-order valence-electron chi connectivity index (χ0n) is 21.8. The summed E-state index contributed by atoms with van der Waals surface area (Å²) in [6.07, 6.45) is 1.20. The summed E-state index contributed by atoms with van der Waals surface area (Å²) in [5, 5.41) is 0. The van der Waals surface area contributed by atoms with Gasteiger partial charge in [-0.15, -0.1) is 0 Å². The molecule has 198 valence electrons. The first-order valence-electron chi connectivity index (χ1n) is 13.3. The largest absolute Gasteiger partial charge is 0.448 e. The van der Waals surface area contributed by atoms with Crippen LogP contribution in [0.15, 0.2) is 89.7 Å². The minimum absolute atomic E-state index is 0.0484. The van der Waals surface area contributed by atoms with Gasteiger partial charge in [0.2, 0.25) is 0 Å². The number of nitrogens with zero attached hydrogens (tertiary/aromatic N) is 3. The van der Waals surface area contributed by atoms with Gasteiger partial charge in [0.15, 0.2) is 0 Å². The summed E-state index contributed by atoms with van der Waals surface area (Å²) in [6, 6.07) is 28.5. The predicted octanol–water partition coefficient (Wildman–Crippen LogP) is 4.57. The van der Waals surface area contributed by atoms with E-state index in [-0.39, 0.29) is 23.9 Å². The molecule has 2 N–H and O–H groups in total. The predicted molar refractivity (Wildman–Crippen MR) is 149 cm³/mol. The van der Waals surface area contributed by atoms with Crippen molar-refractivity contribution in [3.8, 4) is 0 Å². The van der Waals surface area contributed by atoms with Gasteiger partial charge in [-0.2, -0.15) is 0 Å². The lowest BCUT2D eigenvalue weighted by atomic mass is 10.1. The van der Waals surface area contributed by atoms with Crippen LogP contribution in [0.1, 0.15) is 30.9 Å². The molecule has 1 amide bonds. The first kappa shape index (κ1) is 25.6. The summed E-state index contributed by atoms with van der Waals surface area (Å²) in [6.45, 7) is 5.15. The number of H-pyrrole nitrogens is 1. The van der Waals surface area contributed by atoms with Crippen LogP contribution in [0.25, 0.3) is 11.0 Å². The number of hydrogen-bond donors (Lipinski definition) is 2. The maximum absolute atomic E-state index is 12.9. The van der Waals surface area contributed by atoms with Crippen LogP contribution >= 0.6 is 0 Å². The molecule has 0 saturated carbocycles. The maximum atomic E-state index is 12.9. The molecule has 0 aliphatic carbocycles. The van der Waals surface area contributed by atoms with E-state index in [1.54, 1.807) is 9.58 Å². The van der Waals surface area contributed by atoms with Crippen molar-refractivity contribution in [3.63, 3.8) is 0 Å². The second-order valence-corrected chi connectivity index (χ2v) is 9.98. The third-order valence-electron chi connectivity index (χ3n) is 7.18. The zero-order chi connectivity index (χ0) is 26.3. The third kappa shape index (κ3) is 6.26. The van der Waals surface area contributed by atoms with Gasteiger partial charge in [-0.3, -0.25) is 4.90 Å². The van der Waals surface area contributed by atoms with Gasteiger partial charge in [0.1, 0.15) is 6.61 Å². The Morgan fingerprint density at radius 2 is 1.53 bits per heavy atom. The highest BCUT2D eigenvalue weighted by Crippen LogP contribution is 2.17. The molecule has 3 aromatic carbocycles. The molecular weight excluding hydrogens is 478 g/mol. The minimum atomic E-state index is -0.279. The fraction of sp³-hybridized carbons (Fsp3) is 0.333. The van der Waals surface area contributed by atoms with Crippen LogP contribution in [-0.4, -0.2) is 57.3 Å². The van der Waals surface area contributed by atoms with Gasteiger partial charge in [-0.25, -0.2) is 14.3 Å². The number of nitrogens with one attached hydrogen (secondary N) is 2. The molecule has 0 bridgehead atoms. The quantitative estimate of drug-likeness (QED) is 0.343. The molecule has 2 heterocycles. The van der Waals surface area contributed by atoms with Crippen LogP contribution in [0.2, 0.25) is 0 Å². The number of carbonyl (C=O) groups is 1. The Hall–Kier alpha value is -4.04. The summed E-state index contributed by atoms with van der Waals surface area (Å²) >= 11 is 0. The normalized spacial score (nSPS) is 15.1. The second-order valence-electron chi connectivity index (χ2n) is 9.98. The molecule has 0 radical (unpaired) electrons. The number of carbonyl (C=O) groups excluding carboxylic acids is 1. The van der Waals surface area contributed by atoms with Crippen LogP contribution in [0.3, 0.4) is 0 Å². The van der Waals surface area contributed by atoms with Crippen LogP contribution in [0.5, 0.6) is 0 Å². The molecule has 1 aromatic heterocycles. The summed E-state index contributed by atoms with van der Waals surface area (Å²) in [5.41, 5.74) is 7.23. The standard InChI is InChI=1S/C30H35N5O3/c1-23(34(20-24-10-4-2-5-11-24)21-25-12-6-3-7-13-25)22-38-30(37)33-18-16-26(17-19-33)32-35-28-15-9-8-14-27(28)31-29(35)36/h2-15,23,26,32H,16-22H2,1H3,(H,31,36)/t23-/m0/s1. The number of fused-ring (bicyclic) bond motifs is 1. The maximum Gasteiger partial charge on any atom is 0.409 e. The average Bonchev–Trinajstić information content (AvgIpc) is 3.27. The van der Waals surface area contributed by atoms with Gasteiger partial charge < -0.3 is 20.0 Å². The van der Waals surface area contributed by atoms with Gasteiger partial charge in [-0.05, 0) is 43.0 Å². The van der Waals surface area contributed by atoms with Gasteiger partial charge >= 0.3 is 11.8 Å². The van der Waals surface area contributed by atoms with Gasteiger partial charge in [-0.1, -0.05) is 72.8 Å². The molecule has 5 rings (SSSR count). The smallest absolute Gasteiger partial charge is 0.409 e. The van der Waals surface area contributed by atoms with Crippen LogP contribution < -0.4 is 11.1 Å². The topological polar surface area (TPSA) is 82.6 Å². The van der Waals surface area contributed by atoms with E-state index in [0.717, 1.165) is 37.0 Å². The van der Waals surface area contributed by atoms with E-state index in [1.807, 2.05) is 60.7 Å². The molecule has 0 spiro atoms. The van der Waals surface area contributed by atoms with Crippen molar-refractivity contribution in [2.45, 2.75) is 44.9 Å². The third-order valence-corrected chi connectivity index (χ3v) is 7.18. The van der Waals surface area contributed by atoms with Crippen molar-refractivity contribution in [1.29, 1.82) is 0 Å². The Morgan fingerprint density at radius 1 is 0.947 bits per heavy atom. The van der Waals surface area contributed by atoms with Gasteiger partial charge in [0.25, 0.3) is 0 Å². The molecule has 1 saturated heterocycles. The van der Waals surface area contributed by atoms with Crippen molar-refractivity contribution in [3.05, 3.63) is 107 Å². The highest BCUT2D eigenvalue weighted by atomic mass is 16.6. The van der Waals surface area contributed by atoms with E-state index in [0.29, 0.717) is 19.7 Å². The second kappa shape index (κ2) is 12.0. The summed E-state index contributed by atoms with van der Waals surface area (Å²) in [7, 11) is 0. The number of para-hydroxylation sites is 2. The van der Waals surface area contributed by atoms with E-state index in [1.165, 1.54) is 11.1 Å². The van der Waals surface area contributed by atoms with Crippen LogP contribution in [-0.2, 0) is 17.8 Å². The van der Waals surface area contributed by atoms with E-state index in [4.69, 9.17) is 4.74 Å². The fourth-order valence-corrected chi connectivity index (χ4v) is 4.95. The van der Waals surface area contributed by atoms with Gasteiger partial charge in [0, 0.05) is 38.3 Å². The van der Waals surface area contributed by atoms with E-state index in [9.17, 15) is 9.59 Å². The van der Waals surface area contributed by atoms with Crippen molar-refractivity contribution >= 4 is 17.1 Å². The molecule has 1 atom stereocenters. The van der Waals surface area contributed by atoms with Crippen molar-refractivity contribution < 1.29 is 9.53 Å². The van der Waals surface area contributed by atoms with Crippen molar-refractivity contribution in [2.24, 2.45) is 0 Å². The minimum Gasteiger partial charge on any atom is -0.448 e. The number of rotatable bonds is 9. The number of aromatic amines is 1. The van der Waals surface area contributed by atoms with E-state index in [2.05, 4.69) is 46.5 Å². The lowest BCUT2D eigenvalue weighted by Crippen LogP contribution is -2.46. The molecular formula is C30H35N5O3. The van der Waals surface area contributed by atoms with E-state index >= 15 is 0 Å². The van der Waals surface area contributed by atoms with Gasteiger partial charge in [0.05, 0.1) is 11.0 Å². The summed E-state index contributed by atoms with van der Waals surface area (Å²) in [5.74, 6) is 0. The van der Waals surface area contributed by atoms with Crippen molar-refractivity contribution in [2.75, 3.05) is 25.1 Å². The van der Waals surface area contributed by atoms with Crippen molar-refractivity contribution in [1.82, 2.24) is 19.5 Å². The number of amides is 1. The van der Waals surface area contributed by atoms with E-state index < -0.39 is 0 Å². The highest BCUT2D eigenvalue weighted by molar-refractivity contribution is 5.75. The Balaban J connectivity index is 1.13. The number of aromatic nitrogens is 2. The average molecular weight is 514 g/mol. The zero-order valence-corrected chi connectivity index (χ0v) is 21.8. The highest BCUT2D eigenvalue weighted by Gasteiger charge is 2.26.